The maximum atomic E-state index is 12.1. The fourth-order valence-electron chi connectivity index (χ4n) is 2.46. The van der Waals surface area contributed by atoms with Gasteiger partial charge in [0, 0.05) is 11.7 Å². The van der Waals surface area contributed by atoms with Crippen molar-refractivity contribution in [2.45, 2.75) is 33.2 Å². The molecule has 0 heterocycles. The summed E-state index contributed by atoms with van der Waals surface area (Å²) < 4.78 is 11.2. The number of rotatable bonds is 10. The van der Waals surface area contributed by atoms with Gasteiger partial charge in [-0.3, -0.25) is 14.4 Å². The molecule has 2 aromatic rings. The molecule has 0 saturated carbocycles. The Hall–Kier alpha value is -3.88. The number of benzene rings is 2. The Morgan fingerprint density at radius 2 is 1.75 bits per heavy atom. The summed E-state index contributed by atoms with van der Waals surface area (Å²) in [5, 5.41) is 9.10. The molecule has 0 aromatic heterocycles. The van der Waals surface area contributed by atoms with Crippen LogP contribution < -0.4 is 25.5 Å². The van der Waals surface area contributed by atoms with Crippen LogP contribution in [0.2, 0.25) is 0 Å². The highest BCUT2D eigenvalue weighted by Crippen LogP contribution is 2.28. The minimum atomic E-state index is -0.851. The molecule has 0 aliphatic carbocycles. The van der Waals surface area contributed by atoms with Crippen molar-refractivity contribution in [3.05, 3.63) is 54.1 Å². The quantitative estimate of drug-likeness (QED) is 0.298. The zero-order valence-electron chi connectivity index (χ0n) is 18.4. The third-order valence-corrected chi connectivity index (χ3v) is 4.26. The van der Waals surface area contributed by atoms with Gasteiger partial charge in [0.2, 0.25) is 0 Å². The molecule has 0 unspecified atom stereocenters. The van der Waals surface area contributed by atoms with Crippen LogP contribution in [0.15, 0.2) is 53.6 Å². The number of nitrogens with one attached hydrogen (secondary N) is 3. The van der Waals surface area contributed by atoms with Crippen molar-refractivity contribution in [3.8, 4) is 11.5 Å². The first-order valence-electron chi connectivity index (χ1n) is 10.3. The Morgan fingerprint density at radius 1 is 1.00 bits per heavy atom. The van der Waals surface area contributed by atoms with E-state index in [1.165, 1.54) is 6.21 Å². The van der Waals surface area contributed by atoms with Gasteiger partial charge in [0.25, 0.3) is 5.91 Å². The number of ether oxygens (including phenoxy) is 2. The van der Waals surface area contributed by atoms with Crippen LogP contribution in [0.25, 0.3) is 0 Å². The van der Waals surface area contributed by atoms with Crippen molar-refractivity contribution in [1.29, 1.82) is 0 Å². The Labute approximate surface area is 187 Å². The molecule has 0 spiro atoms. The predicted molar refractivity (Wildman–Crippen MR) is 122 cm³/mol. The van der Waals surface area contributed by atoms with Crippen molar-refractivity contribution in [2.75, 3.05) is 18.5 Å². The molecule has 0 fully saturated rings. The minimum absolute atomic E-state index is 0.103. The highest BCUT2D eigenvalue weighted by Gasteiger charge is 2.14. The van der Waals surface area contributed by atoms with Gasteiger partial charge in [0.05, 0.1) is 12.8 Å². The van der Waals surface area contributed by atoms with E-state index in [-0.39, 0.29) is 18.6 Å². The van der Waals surface area contributed by atoms with Gasteiger partial charge in [-0.2, -0.15) is 5.10 Å². The molecule has 0 bridgehead atoms. The SMILES string of the molecule is CCOc1cc(/C=N\NC(=O)C(=O)N[C@H](C)CC)ccc1OCC(=O)Nc1ccccc1. The zero-order chi connectivity index (χ0) is 23.3. The van der Waals surface area contributed by atoms with E-state index in [0.717, 1.165) is 0 Å². The van der Waals surface area contributed by atoms with E-state index >= 15 is 0 Å². The van der Waals surface area contributed by atoms with Crippen molar-refractivity contribution >= 4 is 29.6 Å². The fourth-order valence-corrected chi connectivity index (χ4v) is 2.46. The van der Waals surface area contributed by atoms with Crippen LogP contribution in [0.1, 0.15) is 32.8 Å². The maximum absolute atomic E-state index is 12.1. The van der Waals surface area contributed by atoms with Gasteiger partial charge in [0.15, 0.2) is 18.1 Å². The molecule has 3 amide bonds. The van der Waals surface area contributed by atoms with Crippen molar-refractivity contribution < 1.29 is 23.9 Å². The summed E-state index contributed by atoms with van der Waals surface area (Å²) >= 11 is 0. The zero-order valence-corrected chi connectivity index (χ0v) is 18.4. The molecule has 2 aromatic carbocycles. The summed E-state index contributed by atoms with van der Waals surface area (Å²) in [5.41, 5.74) is 3.47. The second-order valence-electron chi connectivity index (χ2n) is 6.82. The molecule has 3 N–H and O–H groups in total. The van der Waals surface area contributed by atoms with E-state index < -0.39 is 11.8 Å². The monoisotopic (exact) mass is 440 g/mol. The lowest BCUT2D eigenvalue weighted by molar-refractivity contribution is -0.139. The number of hydrogen-bond donors (Lipinski definition) is 3. The Morgan fingerprint density at radius 3 is 2.44 bits per heavy atom. The van der Waals surface area contributed by atoms with E-state index in [1.807, 2.05) is 32.0 Å². The molecule has 0 aliphatic heterocycles. The molecule has 0 aliphatic rings. The van der Waals surface area contributed by atoms with E-state index in [9.17, 15) is 14.4 Å². The average Bonchev–Trinajstić information content (AvgIpc) is 2.79. The fraction of sp³-hybridized carbons (Fsp3) is 0.304. The number of amides is 3. The lowest BCUT2D eigenvalue weighted by Gasteiger charge is -2.12. The molecular weight excluding hydrogens is 412 g/mol. The summed E-state index contributed by atoms with van der Waals surface area (Å²) in [4.78, 5) is 35.6. The average molecular weight is 441 g/mol. The number of anilines is 1. The number of hydrogen-bond acceptors (Lipinski definition) is 6. The topological polar surface area (TPSA) is 118 Å². The molecule has 170 valence electrons. The highest BCUT2D eigenvalue weighted by molar-refractivity contribution is 6.35. The van der Waals surface area contributed by atoms with E-state index in [4.69, 9.17) is 9.47 Å². The molecule has 2 rings (SSSR count). The van der Waals surface area contributed by atoms with Crippen LogP contribution in [0.4, 0.5) is 5.69 Å². The van der Waals surface area contributed by atoms with Gasteiger partial charge < -0.3 is 20.1 Å². The Kier molecular flexibility index (Phi) is 9.70. The van der Waals surface area contributed by atoms with Crippen LogP contribution in [0.5, 0.6) is 11.5 Å². The molecular formula is C23H28N4O5. The van der Waals surface area contributed by atoms with E-state index in [0.29, 0.717) is 35.8 Å². The first-order chi connectivity index (χ1) is 15.4. The molecule has 9 nitrogen and oxygen atoms in total. The summed E-state index contributed by atoms with van der Waals surface area (Å²) in [5.74, 6) is -1.09. The second-order valence-corrected chi connectivity index (χ2v) is 6.82. The summed E-state index contributed by atoms with van der Waals surface area (Å²) in [7, 11) is 0. The van der Waals surface area contributed by atoms with Gasteiger partial charge in [-0.05, 0) is 56.2 Å². The van der Waals surface area contributed by atoms with E-state index in [1.54, 1.807) is 37.3 Å². The van der Waals surface area contributed by atoms with Gasteiger partial charge in [-0.15, -0.1) is 0 Å². The number of hydrazone groups is 1. The number of carbonyl (C=O) groups excluding carboxylic acids is 3. The third kappa shape index (κ3) is 8.10. The molecule has 0 saturated heterocycles. The predicted octanol–water partition coefficient (Wildman–Crippen LogP) is 2.47. The van der Waals surface area contributed by atoms with Crippen LogP contribution in [0.3, 0.4) is 0 Å². The van der Waals surface area contributed by atoms with Crippen LogP contribution in [-0.2, 0) is 14.4 Å². The highest BCUT2D eigenvalue weighted by atomic mass is 16.5. The van der Waals surface area contributed by atoms with Crippen molar-refractivity contribution in [3.63, 3.8) is 0 Å². The normalized spacial score (nSPS) is 11.5. The van der Waals surface area contributed by atoms with Gasteiger partial charge in [-0.25, -0.2) is 5.43 Å². The standard InChI is InChI=1S/C23H28N4O5/c1-4-16(3)25-22(29)23(30)27-24-14-17-11-12-19(20(13-17)31-5-2)32-15-21(28)26-18-9-7-6-8-10-18/h6-14,16H,4-5,15H2,1-3H3,(H,25,29)(H,26,28)(H,27,30)/b24-14-/t16-/m1/s1. The van der Waals surface area contributed by atoms with Crippen LogP contribution in [0, 0.1) is 0 Å². The van der Waals surface area contributed by atoms with Gasteiger partial charge in [-0.1, -0.05) is 25.1 Å². The smallest absolute Gasteiger partial charge is 0.329 e. The first-order valence-corrected chi connectivity index (χ1v) is 10.3. The summed E-state index contributed by atoms with van der Waals surface area (Å²) in [6.07, 6.45) is 2.09. The number of carbonyl (C=O) groups is 3. The Bertz CT molecular complexity index is 947. The largest absolute Gasteiger partial charge is 0.490 e. The lowest BCUT2D eigenvalue weighted by Crippen LogP contribution is -2.41. The van der Waals surface area contributed by atoms with Crippen LogP contribution in [-0.4, -0.2) is 43.2 Å². The van der Waals surface area contributed by atoms with E-state index in [2.05, 4.69) is 21.2 Å². The van der Waals surface area contributed by atoms with Gasteiger partial charge in [0.1, 0.15) is 0 Å². The lowest BCUT2D eigenvalue weighted by atomic mass is 10.2. The maximum Gasteiger partial charge on any atom is 0.329 e. The molecule has 32 heavy (non-hydrogen) atoms. The third-order valence-electron chi connectivity index (χ3n) is 4.26. The molecule has 1 atom stereocenters. The molecule has 9 heteroatoms. The summed E-state index contributed by atoms with van der Waals surface area (Å²) in [6, 6.07) is 13.9. The molecule has 0 radical (unpaired) electrons. The van der Waals surface area contributed by atoms with Gasteiger partial charge >= 0.3 is 11.8 Å². The number of nitrogens with zero attached hydrogens (tertiary/aromatic N) is 1. The van der Waals surface area contributed by atoms with Crippen molar-refractivity contribution in [2.24, 2.45) is 5.10 Å². The summed E-state index contributed by atoms with van der Waals surface area (Å²) in [6.45, 7) is 5.73. The second kappa shape index (κ2) is 12.7. The Balaban J connectivity index is 1.94. The minimum Gasteiger partial charge on any atom is -0.490 e. The van der Waals surface area contributed by atoms with Crippen LogP contribution >= 0.6 is 0 Å². The number of para-hydroxylation sites is 1. The van der Waals surface area contributed by atoms with Crippen molar-refractivity contribution in [1.82, 2.24) is 10.7 Å². The first kappa shape index (κ1) is 24.4.